The monoisotopic (exact) mass is 410 g/mol. The normalized spacial score (nSPS) is 16.0. The van der Waals surface area contributed by atoms with E-state index < -0.39 is 0 Å². The van der Waals surface area contributed by atoms with E-state index in [2.05, 4.69) is 21.4 Å². The summed E-state index contributed by atoms with van der Waals surface area (Å²) in [5.74, 6) is 2.67. The summed E-state index contributed by atoms with van der Waals surface area (Å²) in [7, 11) is 0. The maximum Gasteiger partial charge on any atom is 0.230 e. The van der Waals surface area contributed by atoms with E-state index in [1.807, 2.05) is 32.0 Å². The summed E-state index contributed by atoms with van der Waals surface area (Å²) in [6, 6.07) is 7.68. The van der Waals surface area contributed by atoms with Gasteiger partial charge in [0.2, 0.25) is 5.91 Å². The zero-order chi connectivity index (χ0) is 20.4. The van der Waals surface area contributed by atoms with Crippen molar-refractivity contribution in [3.8, 4) is 17.6 Å². The summed E-state index contributed by atoms with van der Waals surface area (Å²) >= 11 is 1.28. The Bertz CT molecular complexity index is 985. The van der Waals surface area contributed by atoms with Crippen LogP contribution in [0.2, 0.25) is 0 Å². The van der Waals surface area contributed by atoms with Crippen LogP contribution in [0, 0.1) is 18.3 Å². The lowest BCUT2D eigenvalue weighted by Crippen LogP contribution is -2.28. The lowest BCUT2D eigenvalue weighted by atomic mass is 10.1. The van der Waals surface area contributed by atoms with Crippen molar-refractivity contribution in [1.29, 1.82) is 5.26 Å². The number of carbonyl (C=O) groups excluding carboxylic acids is 1. The Labute approximate surface area is 173 Å². The number of nitrogens with one attached hydrogen (secondary N) is 1. The fourth-order valence-corrected chi connectivity index (χ4v) is 4.00. The van der Waals surface area contributed by atoms with Crippen molar-refractivity contribution < 1.29 is 14.3 Å². The quantitative estimate of drug-likeness (QED) is 0.576. The molecule has 1 atom stereocenters. The predicted molar refractivity (Wildman–Crippen MR) is 108 cm³/mol. The number of carbonyl (C=O) groups is 1. The van der Waals surface area contributed by atoms with E-state index in [0.29, 0.717) is 41.2 Å². The molecule has 1 amide bonds. The molecule has 1 saturated carbocycles. The maximum atomic E-state index is 12.5. The van der Waals surface area contributed by atoms with Gasteiger partial charge in [-0.3, -0.25) is 4.79 Å². The third-order valence-electron chi connectivity index (χ3n) is 4.91. The fraction of sp³-hybridized carbons (Fsp3) is 0.429. The average Bonchev–Trinajstić information content (AvgIpc) is 3.57. The highest BCUT2D eigenvalue weighted by atomic mass is 32.2. The van der Waals surface area contributed by atoms with E-state index >= 15 is 0 Å². The van der Waals surface area contributed by atoms with Crippen molar-refractivity contribution in [3.63, 3.8) is 0 Å². The van der Waals surface area contributed by atoms with Gasteiger partial charge in [-0.25, -0.2) is 9.97 Å². The van der Waals surface area contributed by atoms with E-state index in [4.69, 9.17) is 9.47 Å². The minimum absolute atomic E-state index is 0.120. The molecule has 29 heavy (non-hydrogen) atoms. The van der Waals surface area contributed by atoms with Crippen LogP contribution in [0.4, 0.5) is 0 Å². The Morgan fingerprint density at radius 2 is 2.07 bits per heavy atom. The van der Waals surface area contributed by atoms with Gasteiger partial charge in [-0.1, -0.05) is 17.8 Å². The summed E-state index contributed by atoms with van der Waals surface area (Å²) in [6.45, 7) is 4.82. The number of thioether (sulfide) groups is 1. The van der Waals surface area contributed by atoms with Crippen LogP contribution in [0.15, 0.2) is 23.2 Å². The summed E-state index contributed by atoms with van der Waals surface area (Å²) in [5.41, 5.74) is 2.07. The number of fused-ring (bicyclic) bond motifs is 1. The number of aryl methyl sites for hydroxylation is 1. The van der Waals surface area contributed by atoms with Gasteiger partial charge in [0.15, 0.2) is 11.5 Å². The fourth-order valence-electron chi connectivity index (χ4n) is 3.15. The molecule has 1 aromatic heterocycles. The van der Waals surface area contributed by atoms with Crippen LogP contribution in [0.3, 0.4) is 0 Å². The minimum atomic E-state index is -0.177. The molecule has 0 saturated heterocycles. The standard InChI is InChI=1S/C21H22N4O3S/c1-12(15-5-6-17-18(9-15)28-8-7-27-17)23-19(26)11-29-21-16(10-22)13(2)24-20(25-21)14-3-4-14/h5-6,9,12,14H,3-4,7-8,11H2,1-2H3,(H,23,26). The molecule has 2 heterocycles. The molecule has 7 nitrogen and oxygen atoms in total. The largest absolute Gasteiger partial charge is 0.486 e. The predicted octanol–water partition coefficient (Wildman–Crippen LogP) is 3.27. The minimum Gasteiger partial charge on any atom is -0.486 e. The zero-order valence-corrected chi connectivity index (χ0v) is 17.2. The molecule has 2 aliphatic rings. The second-order valence-electron chi connectivity index (χ2n) is 7.21. The van der Waals surface area contributed by atoms with Crippen LogP contribution >= 0.6 is 11.8 Å². The van der Waals surface area contributed by atoms with Crippen molar-refractivity contribution in [2.45, 2.75) is 43.7 Å². The molecule has 1 unspecified atom stereocenters. The van der Waals surface area contributed by atoms with Crippen LogP contribution in [-0.2, 0) is 4.79 Å². The van der Waals surface area contributed by atoms with E-state index in [1.54, 1.807) is 0 Å². The van der Waals surface area contributed by atoms with E-state index in [0.717, 1.165) is 30.0 Å². The highest BCUT2D eigenvalue weighted by Gasteiger charge is 2.28. The Balaban J connectivity index is 1.39. The lowest BCUT2D eigenvalue weighted by Gasteiger charge is -2.21. The van der Waals surface area contributed by atoms with Crippen LogP contribution in [0.25, 0.3) is 0 Å². The highest BCUT2D eigenvalue weighted by molar-refractivity contribution is 8.00. The molecule has 1 N–H and O–H groups in total. The lowest BCUT2D eigenvalue weighted by molar-refractivity contribution is -0.119. The molecule has 1 aliphatic carbocycles. The van der Waals surface area contributed by atoms with Gasteiger partial charge in [-0.15, -0.1) is 0 Å². The van der Waals surface area contributed by atoms with E-state index in [9.17, 15) is 10.1 Å². The Morgan fingerprint density at radius 1 is 1.31 bits per heavy atom. The van der Waals surface area contributed by atoms with Crippen molar-refractivity contribution in [2.75, 3.05) is 19.0 Å². The number of aromatic nitrogens is 2. The van der Waals surface area contributed by atoms with Crippen LogP contribution < -0.4 is 14.8 Å². The van der Waals surface area contributed by atoms with Crippen molar-refractivity contribution in [3.05, 3.63) is 40.8 Å². The summed E-state index contributed by atoms with van der Waals surface area (Å²) < 4.78 is 11.1. The molecule has 0 bridgehead atoms. The smallest absolute Gasteiger partial charge is 0.230 e. The number of nitriles is 1. The molecule has 8 heteroatoms. The van der Waals surface area contributed by atoms with Gasteiger partial charge in [0.1, 0.15) is 35.7 Å². The number of nitrogens with zero attached hydrogens (tertiary/aromatic N) is 3. The van der Waals surface area contributed by atoms with Gasteiger partial charge in [0.05, 0.1) is 17.5 Å². The summed E-state index contributed by atoms with van der Waals surface area (Å²) in [5, 5.41) is 13.0. The number of ether oxygens (including phenoxy) is 2. The first kappa shape index (κ1) is 19.5. The first-order valence-corrected chi connectivity index (χ1v) is 10.6. The molecule has 1 aromatic carbocycles. The molecule has 0 radical (unpaired) electrons. The maximum absolute atomic E-state index is 12.5. The number of amides is 1. The van der Waals surface area contributed by atoms with Crippen molar-refractivity contribution in [1.82, 2.24) is 15.3 Å². The summed E-state index contributed by atoms with van der Waals surface area (Å²) in [4.78, 5) is 21.5. The van der Waals surface area contributed by atoms with Gasteiger partial charge in [-0.2, -0.15) is 5.26 Å². The van der Waals surface area contributed by atoms with Crippen LogP contribution in [0.1, 0.15) is 54.4 Å². The Morgan fingerprint density at radius 3 is 2.79 bits per heavy atom. The topological polar surface area (TPSA) is 97.1 Å². The molecule has 2 aromatic rings. The SMILES string of the molecule is Cc1nc(C2CC2)nc(SCC(=O)NC(C)c2ccc3c(c2)OCCO3)c1C#N. The first-order valence-electron chi connectivity index (χ1n) is 9.65. The number of rotatable bonds is 6. The molecule has 1 fully saturated rings. The van der Waals surface area contributed by atoms with Crippen LogP contribution in [-0.4, -0.2) is 34.8 Å². The van der Waals surface area contributed by atoms with E-state index in [-0.39, 0.29) is 17.7 Å². The average molecular weight is 410 g/mol. The van der Waals surface area contributed by atoms with Gasteiger partial charge in [-0.05, 0) is 44.4 Å². The Hall–Kier alpha value is -2.79. The molecular weight excluding hydrogens is 388 g/mol. The molecule has 1 aliphatic heterocycles. The van der Waals surface area contributed by atoms with E-state index in [1.165, 1.54) is 11.8 Å². The van der Waals surface area contributed by atoms with Gasteiger partial charge < -0.3 is 14.8 Å². The second kappa shape index (κ2) is 8.29. The van der Waals surface area contributed by atoms with Gasteiger partial charge in [0.25, 0.3) is 0 Å². The molecule has 4 rings (SSSR count). The third kappa shape index (κ3) is 4.46. The summed E-state index contributed by atoms with van der Waals surface area (Å²) in [6.07, 6.45) is 2.17. The first-order chi connectivity index (χ1) is 14.0. The number of hydrogen-bond acceptors (Lipinski definition) is 7. The van der Waals surface area contributed by atoms with Crippen molar-refractivity contribution >= 4 is 17.7 Å². The number of benzene rings is 1. The Kier molecular flexibility index (Phi) is 5.58. The molecule has 150 valence electrons. The second-order valence-corrected chi connectivity index (χ2v) is 8.18. The highest BCUT2D eigenvalue weighted by Crippen LogP contribution is 2.39. The van der Waals surface area contributed by atoms with Crippen LogP contribution in [0.5, 0.6) is 11.5 Å². The third-order valence-corrected chi connectivity index (χ3v) is 5.89. The van der Waals surface area contributed by atoms with Crippen molar-refractivity contribution in [2.24, 2.45) is 0 Å². The molecule has 0 spiro atoms. The number of hydrogen-bond donors (Lipinski definition) is 1. The zero-order valence-electron chi connectivity index (χ0n) is 16.4. The van der Waals surface area contributed by atoms with Gasteiger partial charge >= 0.3 is 0 Å². The van der Waals surface area contributed by atoms with Gasteiger partial charge in [0, 0.05) is 5.92 Å². The molecular formula is C21H22N4O3S.